The molecule has 1 aromatic carbocycles. The maximum atomic E-state index is 12.8. The number of amides is 3. The highest BCUT2D eigenvalue weighted by atomic mass is 16.2. The van der Waals surface area contributed by atoms with Crippen LogP contribution in [0, 0.1) is 0 Å². The lowest BCUT2D eigenvalue weighted by molar-refractivity contribution is -0.136. The molecule has 0 bridgehead atoms. The van der Waals surface area contributed by atoms with Gasteiger partial charge in [0, 0.05) is 37.7 Å². The van der Waals surface area contributed by atoms with Crippen molar-refractivity contribution in [3.63, 3.8) is 0 Å². The monoisotopic (exact) mass is 358 g/mol. The lowest BCUT2D eigenvalue weighted by atomic mass is 10.0. The molecule has 2 atom stereocenters. The summed E-state index contributed by atoms with van der Waals surface area (Å²) in [6, 6.07) is 5.43. The third-order valence-electron chi connectivity index (χ3n) is 5.47. The molecule has 140 valence electrons. The Hall–Kier alpha value is -2.25. The number of likely N-dealkylation sites (N-methyl/N-ethyl adjacent to an activating group) is 1. The number of imide groups is 1. The van der Waals surface area contributed by atoms with Crippen LogP contribution in [-0.4, -0.2) is 53.2 Å². The fraction of sp³-hybridized carbons (Fsp3) is 0.526. The molecule has 7 heteroatoms. The summed E-state index contributed by atoms with van der Waals surface area (Å²) in [6.45, 7) is 3.81. The minimum Gasteiger partial charge on any atom is -0.329 e. The summed E-state index contributed by atoms with van der Waals surface area (Å²) >= 11 is 0. The van der Waals surface area contributed by atoms with Gasteiger partial charge in [0.2, 0.25) is 11.8 Å². The van der Waals surface area contributed by atoms with Crippen LogP contribution >= 0.6 is 0 Å². The number of piperidine rings is 1. The molecule has 2 unspecified atom stereocenters. The van der Waals surface area contributed by atoms with Gasteiger partial charge < -0.3 is 10.6 Å². The maximum absolute atomic E-state index is 12.8. The molecule has 0 spiro atoms. The van der Waals surface area contributed by atoms with Gasteiger partial charge in [-0.1, -0.05) is 19.1 Å². The van der Waals surface area contributed by atoms with Gasteiger partial charge in [-0.25, -0.2) is 0 Å². The molecule has 1 saturated heterocycles. The average Bonchev–Trinajstić information content (AvgIpc) is 2.94. The second kappa shape index (κ2) is 7.55. The molecular weight excluding hydrogens is 332 g/mol. The first-order valence-electron chi connectivity index (χ1n) is 9.12. The number of nitrogens with one attached hydrogen (secondary N) is 1. The molecule has 2 aliphatic heterocycles. The van der Waals surface area contributed by atoms with Gasteiger partial charge >= 0.3 is 0 Å². The molecule has 0 aromatic heterocycles. The zero-order valence-corrected chi connectivity index (χ0v) is 15.3. The Kier molecular flexibility index (Phi) is 5.38. The number of nitrogens with zero attached hydrogens (tertiary/aromatic N) is 2. The van der Waals surface area contributed by atoms with Gasteiger partial charge in [-0.15, -0.1) is 0 Å². The molecule has 3 rings (SSSR count). The van der Waals surface area contributed by atoms with Crippen molar-refractivity contribution in [3.05, 3.63) is 34.9 Å². The second-order valence-electron chi connectivity index (χ2n) is 7.06. The van der Waals surface area contributed by atoms with E-state index in [1.807, 2.05) is 25.2 Å². The van der Waals surface area contributed by atoms with Crippen molar-refractivity contribution in [2.75, 3.05) is 13.6 Å². The maximum Gasteiger partial charge on any atom is 0.255 e. The summed E-state index contributed by atoms with van der Waals surface area (Å²) in [4.78, 5) is 40.2. The first-order chi connectivity index (χ1) is 12.5. The van der Waals surface area contributed by atoms with E-state index in [1.54, 1.807) is 4.90 Å². The summed E-state index contributed by atoms with van der Waals surface area (Å²) in [6.07, 6.45) is 1.61. The quantitative estimate of drug-likeness (QED) is 0.727. The third-order valence-corrected chi connectivity index (χ3v) is 5.47. The Morgan fingerprint density at radius 1 is 1.35 bits per heavy atom. The molecular formula is C19H26N4O3. The van der Waals surface area contributed by atoms with E-state index in [-0.39, 0.29) is 30.2 Å². The van der Waals surface area contributed by atoms with Crippen LogP contribution in [0.3, 0.4) is 0 Å². The molecule has 0 saturated carbocycles. The van der Waals surface area contributed by atoms with E-state index < -0.39 is 6.04 Å². The van der Waals surface area contributed by atoms with Crippen LogP contribution in [0.15, 0.2) is 18.2 Å². The Bertz CT molecular complexity index is 729. The van der Waals surface area contributed by atoms with Crippen LogP contribution in [0.4, 0.5) is 0 Å². The van der Waals surface area contributed by atoms with E-state index in [1.165, 1.54) is 0 Å². The van der Waals surface area contributed by atoms with Crippen LogP contribution in [0.2, 0.25) is 0 Å². The van der Waals surface area contributed by atoms with E-state index >= 15 is 0 Å². The Morgan fingerprint density at radius 2 is 2.12 bits per heavy atom. The zero-order valence-electron chi connectivity index (χ0n) is 15.3. The smallest absolute Gasteiger partial charge is 0.255 e. The van der Waals surface area contributed by atoms with Crippen molar-refractivity contribution >= 4 is 17.7 Å². The lowest BCUT2D eigenvalue weighted by Gasteiger charge is -2.29. The molecule has 3 N–H and O–H groups in total. The fourth-order valence-electron chi connectivity index (χ4n) is 3.85. The molecule has 1 fully saturated rings. The predicted molar refractivity (Wildman–Crippen MR) is 97.1 cm³/mol. The molecule has 7 nitrogen and oxygen atoms in total. The zero-order chi connectivity index (χ0) is 18.8. The second-order valence-corrected chi connectivity index (χ2v) is 7.06. The Labute approximate surface area is 153 Å². The topological polar surface area (TPSA) is 95.7 Å². The molecule has 1 aromatic rings. The predicted octanol–water partition coefficient (Wildman–Crippen LogP) is 0.617. The van der Waals surface area contributed by atoms with Gasteiger partial charge in [-0.3, -0.25) is 24.6 Å². The highest BCUT2D eigenvalue weighted by Gasteiger charge is 2.39. The number of hydrogen-bond donors (Lipinski definition) is 2. The summed E-state index contributed by atoms with van der Waals surface area (Å²) in [5, 5.41) is 2.34. The van der Waals surface area contributed by atoms with Crippen molar-refractivity contribution in [2.45, 2.75) is 51.4 Å². The number of nitrogens with two attached hydrogens (primary N) is 1. The van der Waals surface area contributed by atoms with Gasteiger partial charge in [-0.2, -0.15) is 0 Å². The van der Waals surface area contributed by atoms with E-state index in [2.05, 4.69) is 17.1 Å². The normalized spacial score (nSPS) is 21.2. The number of carbonyl (C=O) groups is 3. The number of hydrogen-bond acceptors (Lipinski definition) is 5. The molecule has 2 aliphatic rings. The minimum absolute atomic E-state index is 0.134. The molecule has 2 heterocycles. The van der Waals surface area contributed by atoms with E-state index in [9.17, 15) is 14.4 Å². The molecule has 0 radical (unpaired) electrons. The van der Waals surface area contributed by atoms with Crippen LogP contribution in [0.25, 0.3) is 0 Å². The molecule has 3 amide bonds. The summed E-state index contributed by atoms with van der Waals surface area (Å²) in [5.74, 6) is -0.787. The van der Waals surface area contributed by atoms with Gasteiger partial charge in [0.05, 0.1) is 0 Å². The standard InChI is InChI=1S/C19H26N4O3/c1-3-13(9-20)22(2)10-12-5-4-6-14-15(12)11-23(19(14)26)16-7-8-17(24)21-18(16)25/h4-6,13,16H,3,7-11,20H2,1-2H3,(H,21,24,25). The number of benzene rings is 1. The largest absolute Gasteiger partial charge is 0.329 e. The number of carbonyl (C=O) groups excluding carboxylic acids is 3. The van der Waals surface area contributed by atoms with Gasteiger partial charge in [-0.05, 0) is 37.1 Å². The van der Waals surface area contributed by atoms with Crippen LogP contribution in [0.1, 0.15) is 47.7 Å². The molecule has 26 heavy (non-hydrogen) atoms. The molecule has 0 aliphatic carbocycles. The van der Waals surface area contributed by atoms with E-state index in [4.69, 9.17) is 5.73 Å². The third kappa shape index (κ3) is 3.37. The van der Waals surface area contributed by atoms with Gasteiger partial charge in [0.25, 0.3) is 5.91 Å². The SMILES string of the molecule is CCC(CN)N(C)Cc1cccc2c1CN(C1CCC(=O)NC1=O)C2=O. The average molecular weight is 358 g/mol. The summed E-state index contributed by atoms with van der Waals surface area (Å²) in [5.41, 5.74) is 8.55. The highest BCUT2D eigenvalue weighted by molar-refractivity contribution is 6.05. The first-order valence-corrected chi connectivity index (χ1v) is 9.12. The summed E-state index contributed by atoms with van der Waals surface area (Å²) < 4.78 is 0. The van der Waals surface area contributed by atoms with Gasteiger partial charge in [0.15, 0.2) is 0 Å². The van der Waals surface area contributed by atoms with E-state index in [0.29, 0.717) is 31.6 Å². The van der Waals surface area contributed by atoms with Crippen molar-refractivity contribution in [1.82, 2.24) is 15.1 Å². The van der Waals surface area contributed by atoms with Gasteiger partial charge in [0.1, 0.15) is 6.04 Å². The van der Waals surface area contributed by atoms with Crippen molar-refractivity contribution in [3.8, 4) is 0 Å². The highest BCUT2D eigenvalue weighted by Crippen LogP contribution is 2.30. The number of fused-ring (bicyclic) bond motifs is 1. The van der Waals surface area contributed by atoms with Crippen LogP contribution in [-0.2, 0) is 22.7 Å². The Balaban J connectivity index is 1.81. The van der Waals surface area contributed by atoms with Crippen LogP contribution < -0.4 is 11.1 Å². The van der Waals surface area contributed by atoms with Crippen molar-refractivity contribution in [1.29, 1.82) is 0 Å². The van der Waals surface area contributed by atoms with Crippen LogP contribution in [0.5, 0.6) is 0 Å². The van der Waals surface area contributed by atoms with Crippen molar-refractivity contribution < 1.29 is 14.4 Å². The van der Waals surface area contributed by atoms with E-state index in [0.717, 1.165) is 17.5 Å². The number of rotatable bonds is 6. The lowest BCUT2D eigenvalue weighted by Crippen LogP contribution is -2.52. The van der Waals surface area contributed by atoms with Crippen molar-refractivity contribution in [2.24, 2.45) is 5.73 Å². The minimum atomic E-state index is -0.578. The first kappa shape index (κ1) is 18.5. The fourth-order valence-corrected chi connectivity index (χ4v) is 3.85. The Morgan fingerprint density at radius 3 is 2.77 bits per heavy atom. The summed E-state index contributed by atoms with van der Waals surface area (Å²) in [7, 11) is 2.04.